The van der Waals surface area contributed by atoms with Crippen LogP contribution in [0.15, 0.2) is 36.9 Å². The average Bonchev–Trinajstić information content (AvgIpc) is 3.33. The third-order valence-corrected chi connectivity index (χ3v) is 6.40. The number of carbonyl (C=O) groups is 2. The minimum atomic E-state index is -0.595. The largest absolute Gasteiger partial charge is 0.494 e. The van der Waals surface area contributed by atoms with Crippen molar-refractivity contribution in [2.45, 2.75) is 38.6 Å². The van der Waals surface area contributed by atoms with Crippen LogP contribution in [0.2, 0.25) is 0 Å². The molecule has 0 radical (unpaired) electrons. The van der Waals surface area contributed by atoms with Crippen molar-refractivity contribution in [1.82, 2.24) is 14.7 Å². The molecule has 1 aromatic carbocycles. The molecule has 164 valence electrons. The number of likely N-dealkylation sites (tertiary alicyclic amines) is 1. The van der Waals surface area contributed by atoms with Gasteiger partial charge in [-0.15, -0.1) is 0 Å². The smallest absolute Gasteiger partial charge is 0.254 e. The highest BCUT2D eigenvalue weighted by Crippen LogP contribution is 2.54. The Morgan fingerprint density at radius 3 is 2.65 bits per heavy atom. The van der Waals surface area contributed by atoms with Gasteiger partial charge in [0.1, 0.15) is 22.8 Å². The molecule has 4 rings (SSSR count). The molecule has 1 spiro atoms. The van der Waals surface area contributed by atoms with Crippen molar-refractivity contribution < 1.29 is 14.3 Å². The summed E-state index contributed by atoms with van der Waals surface area (Å²) in [6.07, 6.45) is 4.98. The number of hydrogen-bond acceptors (Lipinski definition) is 5. The highest BCUT2D eigenvalue weighted by atomic mass is 16.5. The number of hydrogen-bond donors (Lipinski definition) is 2. The molecule has 8 nitrogen and oxygen atoms in total. The molecular weight excluding hydrogens is 394 g/mol. The van der Waals surface area contributed by atoms with Crippen molar-refractivity contribution in [2.75, 3.05) is 25.4 Å². The van der Waals surface area contributed by atoms with Gasteiger partial charge >= 0.3 is 0 Å². The number of aromatic nitrogens is 2. The van der Waals surface area contributed by atoms with E-state index in [1.165, 1.54) is 6.08 Å². The fourth-order valence-electron chi connectivity index (χ4n) is 4.80. The second-order valence-electron chi connectivity index (χ2n) is 8.57. The van der Waals surface area contributed by atoms with E-state index in [0.717, 1.165) is 50.1 Å². The highest BCUT2D eigenvalue weighted by Gasteiger charge is 2.50. The van der Waals surface area contributed by atoms with E-state index in [4.69, 9.17) is 21.3 Å². The van der Waals surface area contributed by atoms with Gasteiger partial charge in [-0.2, -0.15) is 5.10 Å². The van der Waals surface area contributed by atoms with Crippen molar-refractivity contribution in [3.05, 3.63) is 42.5 Å². The van der Waals surface area contributed by atoms with Crippen LogP contribution in [0.25, 0.3) is 11.3 Å². The predicted octanol–water partition coefficient (Wildman–Crippen LogP) is 2.76. The molecule has 31 heavy (non-hydrogen) atoms. The SMILES string of the molecule is C=CC(=O)N1CCC2(CC(n3nc(-c4ccc(OCCC)cc4)c(C(N)=O)c3N)C2)C1. The highest BCUT2D eigenvalue weighted by molar-refractivity contribution is 6.03. The van der Waals surface area contributed by atoms with Gasteiger partial charge in [-0.25, -0.2) is 4.68 Å². The van der Waals surface area contributed by atoms with E-state index in [1.807, 2.05) is 36.1 Å². The minimum Gasteiger partial charge on any atom is -0.494 e. The lowest BCUT2D eigenvalue weighted by molar-refractivity contribution is -0.125. The van der Waals surface area contributed by atoms with E-state index < -0.39 is 5.91 Å². The number of ether oxygens (including phenoxy) is 1. The van der Waals surface area contributed by atoms with E-state index in [0.29, 0.717) is 18.1 Å². The van der Waals surface area contributed by atoms with Crippen molar-refractivity contribution in [3.8, 4) is 17.0 Å². The van der Waals surface area contributed by atoms with Gasteiger partial charge in [0.15, 0.2) is 0 Å². The van der Waals surface area contributed by atoms with E-state index in [-0.39, 0.29) is 22.9 Å². The Kier molecular flexibility index (Phi) is 5.47. The number of nitrogen functional groups attached to an aromatic ring is 1. The maximum atomic E-state index is 12.2. The molecule has 0 bridgehead atoms. The summed E-state index contributed by atoms with van der Waals surface area (Å²) in [6.45, 7) is 7.74. The molecule has 0 unspecified atom stereocenters. The van der Waals surface area contributed by atoms with E-state index in [2.05, 4.69) is 6.58 Å². The van der Waals surface area contributed by atoms with Crippen molar-refractivity contribution in [3.63, 3.8) is 0 Å². The lowest BCUT2D eigenvalue weighted by atomic mass is 9.65. The van der Waals surface area contributed by atoms with Gasteiger partial charge < -0.3 is 21.1 Å². The quantitative estimate of drug-likeness (QED) is 0.664. The number of amides is 2. The summed E-state index contributed by atoms with van der Waals surface area (Å²) in [7, 11) is 0. The lowest BCUT2D eigenvalue weighted by Gasteiger charge is -2.45. The molecule has 2 aliphatic rings. The van der Waals surface area contributed by atoms with Crippen molar-refractivity contribution in [2.24, 2.45) is 11.1 Å². The van der Waals surface area contributed by atoms with Crippen molar-refractivity contribution in [1.29, 1.82) is 0 Å². The first-order valence-corrected chi connectivity index (χ1v) is 10.7. The second-order valence-corrected chi connectivity index (χ2v) is 8.57. The number of benzene rings is 1. The average molecular weight is 424 g/mol. The third kappa shape index (κ3) is 3.78. The molecule has 2 aromatic rings. The summed E-state index contributed by atoms with van der Waals surface area (Å²) >= 11 is 0. The Morgan fingerprint density at radius 1 is 1.32 bits per heavy atom. The van der Waals surface area contributed by atoms with Crippen LogP contribution in [0.4, 0.5) is 5.82 Å². The van der Waals surface area contributed by atoms with Gasteiger partial charge in [-0.05, 0) is 61.4 Å². The van der Waals surface area contributed by atoms with Crippen LogP contribution >= 0.6 is 0 Å². The molecule has 1 saturated carbocycles. The summed E-state index contributed by atoms with van der Waals surface area (Å²) < 4.78 is 7.36. The van der Waals surface area contributed by atoms with Crippen molar-refractivity contribution >= 4 is 17.6 Å². The van der Waals surface area contributed by atoms with Crippen LogP contribution in [0.5, 0.6) is 5.75 Å². The Balaban J connectivity index is 1.55. The standard InChI is InChI=1S/C23H29N5O3/c1-3-11-31-17-7-5-15(6-8-17)20-19(22(25)30)21(24)28(26-20)16-12-23(13-16)9-10-27(14-23)18(29)4-2/h4-8,16H,2-3,9-14,24H2,1H3,(H2,25,30). The normalized spacial score (nSPS) is 22.4. The maximum Gasteiger partial charge on any atom is 0.254 e. The number of carbonyl (C=O) groups excluding carboxylic acids is 2. The predicted molar refractivity (Wildman–Crippen MR) is 118 cm³/mol. The molecule has 1 aliphatic carbocycles. The zero-order valence-corrected chi connectivity index (χ0v) is 17.8. The molecule has 2 fully saturated rings. The van der Waals surface area contributed by atoms with Crippen LogP contribution in [-0.2, 0) is 4.79 Å². The monoisotopic (exact) mass is 423 g/mol. The van der Waals surface area contributed by atoms with E-state index >= 15 is 0 Å². The summed E-state index contributed by atoms with van der Waals surface area (Å²) in [5.41, 5.74) is 13.6. The molecule has 2 amide bonds. The molecule has 0 atom stereocenters. The third-order valence-electron chi connectivity index (χ3n) is 6.40. The van der Waals surface area contributed by atoms with Crippen LogP contribution < -0.4 is 16.2 Å². The van der Waals surface area contributed by atoms with Crippen LogP contribution in [0.3, 0.4) is 0 Å². The van der Waals surface area contributed by atoms with Gasteiger partial charge in [-0.1, -0.05) is 13.5 Å². The number of nitrogens with zero attached hydrogens (tertiary/aromatic N) is 3. The fourth-order valence-corrected chi connectivity index (χ4v) is 4.80. The molecule has 2 heterocycles. The summed E-state index contributed by atoms with van der Waals surface area (Å²) in [5, 5.41) is 4.69. The first kappa shape index (κ1) is 21.0. The zero-order valence-electron chi connectivity index (χ0n) is 17.8. The van der Waals surface area contributed by atoms with E-state index in [9.17, 15) is 9.59 Å². The molecule has 1 saturated heterocycles. The van der Waals surface area contributed by atoms with Gasteiger partial charge in [-0.3, -0.25) is 9.59 Å². The lowest BCUT2D eigenvalue weighted by Crippen LogP contribution is -2.42. The van der Waals surface area contributed by atoms with Crippen LogP contribution in [0, 0.1) is 5.41 Å². The van der Waals surface area contributed by atoms with Gasteiger partial charge in [0, 0.05) is 18.7 Å². The maximum absolute atomic E-state index is 12.2. The van der Waals surface area contributed by atoms with Crippen LogP contribution in [0.1, 0.15) is 49.0 Å². The Morgan fingerprint density at radius 2 is 2.03 bits per heavy atom. The van der Waals surface area contributed by atoms with E-state index in [1.54, 1.807) is 4.68 Å². The zero-order chi connectivity index (χ0) is 22.2. The minimum absolute atomic E-state index is 0.0245. The molecule has 8 heteroatoms. The Bertz CT molecular complexity index is 1000. The first-order valence-electron chi connectivity index (χ1n) is 10.7. The number of primary amides is 1. The van der Waals surface area contributed by atoms with Crippen LogP contribution in [-0.4, -0.2) is 46.2 Å². The second kappa shape index (κ2) is 8.09. The number of rotatable bonds is 7. The number of nitrogens with two attached hydrogens (primary N) is 2. The summed E-state index contributed by atoms with van der Waals surface area (Å²) in [4.78, 5) is 25.9. The molecule has 4 N–H and O–H groups in total. The molecule has 1 aliphatic heterocycles. The fraction of sp³-hybridized carbons (Fsp3) is 0.435. The molecule has 1 aromatic heterocycles. The number of anilines is 1. The Hall–Kier alpha value is -3.29. The van der Waals surface area contributed by atoms with Gasteiger partial charge in [0.05, 0.1) is 12.6 Å². The molecular formula is C23H29N5O3. The Labute approximate surface area is 181 Å². The van der Waals surface area contributed by atoms with Gasteiger partial charge in [0.2, 0.25) is 5.91 Å². The topological polar surface area (TPSA) is 116 Å². The summed E-state index contributed by atoms with van der Waals surface area (Å²) in [5.74, 6) is 0.441. The van der Waals surface area contributed by atoms with Gasteiger partial charge in [0.25, 0.3) is 5.91 Å². The summed E-state index contributed by atoms with van der Waals surface area (Å²) in [6, 6.07) is 7.52. The first-order chi connectivity index (χ1) is 14.9.